The Labute approximate surface area is 127 Å². The van der Waals surface area contributed by atoms with Gasteiger partial charge in [-0.15, -0.1) is 0 Å². The summed E-state index contributed by atoms with van der Waals surface area (Å²) in [6.07, 6.45) is 2.30. The van der Waals surface area contributed by atoms with E-state index in [-0.39, 0.29) is 5.82 Å². The van der Waals surface area contributed by atoms with Gasteiger partial charge < -0.3 is 13.7 Å². The molecule has 0 radical (unpaired) electrons. The minimum atomic E-state index is -1.59. The van der Waals surface area contributed by atoms with E-state index in [0.717, 1.165) is 46.8 Å². The van der Waals surface area contributed by atoms with Crippen LogP contribution < -0.4 is 5.46 Å². The predicted octanol–water partition coefficient (Wildman–Crippen LogP) is 2.41. The molecule has 0 saturated carbocycles. The molecule has 0 N–H and O–H groups in total. The molecule has 3 rings (SSSR count). The average molecular weight is 344 g/mol. The number of quaternary nitrogens is 1. The van der Waals surface area contributed by atoms with E-state index in [1.165, 1.54) is 6.07 Å². The molecular weight excluding hydrogens is 324 g/mol. The second-order valence-corrected chi connectivity index (χ2v) is 6.77. The number of halogens is 2. The topological polar surface area (TPSA) is 18.5 Å². The molecule has 2 saturated heterocycles. The minimum absolute atomic E-state index is 0.245. The van der Waals surface area contributed by atoms with Crippen LogP contribution in [-0.4, -0.2) is 43.9 Å². The first kappa shape index (κ1) is 14.5. The van der Waals surface area contributed by atoms with Crippen LogP contribution in [0.15, 0.2) is 22.7 Å². The third kappa shape index (κ3) is 2.13. The number of hydrogen-bond donors (Lipinski definition) is 0. The van der Waals surface area contributed by atoms with Crippen LogP contribution in [0.4, 0.5) is 4.39 Å². The number of unbranched alkanes of at least 4 members (excludes halogenated alkanes) is 1. The van der Waals surface area contributed by atoms with Gasteiger partial charge in [-0.3, -0.25) is 0 Å². The lowest BCUT2D eigenvalue weighted by Crippen LogP contribution is -2.69. The van der Waals surface area contributed by atoms with E-state index in [4.69, 9.17) is 9.31 Å². The lowest BCUT2D eigenvalue weighted by atomic mass is 9.60. The van der Waals surface area contributed by atoms with Gasteiger partial charge in [0.15, 0.2) is 0 Å². The van der Waals surface area contributed by atoms with Crippen molar-refractivity contribution < 1.29 is 18.1 Å². The van der Waals surface area contributed by atoms with Crippen LogP contribution in [0.3, 0.4) is 0 Å². The first-order chi connectivity index (χ1) is 9.62. The van der Waals surface area contributed by atoms with Gasteiger partial charge in [0.1, 0.15) is 5.82 Å². The molecule has 20 heavy (non-hydrogen) atoms. The first-order valence-electron chi connectivity index (χ1n) is 7.36. The van der Waals surface area contributed by atoms with E-state index in [0.29, 0.717) is 13.2 Å². The Morgan fingerprint density at radius 2 is 1.95 bits per heavy atom. The summed E-state index contributed by atoms with van der Waals surface area (Å²) in [5.41, 5.74) is 0.850. The number of fused-ring (bicyclic) bond motifs is 1. The molecule has 110 valence electrons. The standard InChI is InChI=1S/C14H20BBrFNO2/c1-2-3-4-18-5-7-19-15(18,20-8-6-18)12-9-13(16)11-14(17)10-12/h9-11H,2-8H2,1H3. The molecule has 0 aliphatic carbocycles. The highest BCUT2D eigenvalue weighted by Crippen LogP contribution is 2.35. The first-order valence-corrected chi connectivity index (χ1v) is 8.15. The second-order valence-electron chi connectivity index (χ2n) is 5.86. The maximum absolute atomic E-state index is 13.8. The Bertz CT molecular complexity index is 484. The molecule has 1 aromatic carbocycles. The Morgan fingerprint density at radius 3 is 2.55 bits per heavy atom. The van der Waals surface area contributed by atoms with E-state index in [1.54, 1.807) is 6.07 Å². The van der Waals surface area contributed by atoms with Crippen molar-refractivity contribution in [3.8, 4) is 0 Å². The minimum Gasteiger partial charge on any atom is -0.505 e. The largest absolute Gasteiger partial charge is 0.505 e. The van der Waals surface area contributed by atoms with Crippen molar-refractivity contribution in [3.63, 3.8) is 0 Å². The number of benzene rings is 1. The summed E-state index contributed by atoms with van der Waals surface area (Å²) in [6, 6.07) is 4.99. The Kier molecular flexibility index (Phi) is 3.92. The van der Waals surface area contributed by atoms with Crippen molar-refractivity contribution in [2.24, 2.45) is 0 Å². The fourth-order valence-electron chi connectivity index (χ4n) is 3.77. The molecule has 2 fully saturated rings. The zero-order valence-electron chi connectivity index (χ0n) is 11.8. The fraction of sp³-hybridized carbons (Fsp3) is 0.571. The summed E-state index contributed by atoms with van der Waals surface area (Å²) >= 11 is 3.38. The lowest BCUT2D eigenvalue weighted by molar-refractivity contribution is -0.820. The summed E-state index contributed by atoms with van der Waals surface area (Å²) in [5.74, 6) is -0.245. The van der Waals surface area contributed by atoms with Gasteiger partial charge in [0.05, 0.1) is 26.3 Å². The van der Waals surface area contributed by atoms with Gasteiger partial charge in [-0.05, 0) is 18.6 Å². The summed E-state index contributed by atoms with van der Waals surface area (Å²) in [7, 11) is 0. The molecule has 2 aliphatic heterocycles. The van der Waals surface area contributed by atoms with E-state index < -0.39 is 6.69 Å². The summed E-state index contributed by atoms with van der Waals surface area (Å²) in [4.78, 5) is 0. The fourth-order valence-corrected chi connectivity index (χ4v) is 4.25. The molecule has 0 aromatic heterocycles. The van der Waals surface area contributed by atoms with E-state index in [9.17, 15) is 4.39 Å². The highest BCUT2D eigenvalue weighted by molar-refractivity contribution is 9.10. The second kappa shape index (κ2) is 5.41. The molecule has 3 nitrogen and oxygen atoms in total. The van der Waals surface area contributed by atoms with Gasteiger partial charge in [-0.2, -0.15) is 0 Å². The number of hydrogen-bond acceptors (Lipinski definition) is 2. The van der Waals surface area contributed by atoms with Crippen LogP contribution in [0.2, 0.25) is 0 Å². The molecule has 0 spiro atoms. The maximum Gasteiger partial charge on any atom is 0.502 e. The van der Waals surface area contributed by atoms with Crippen molar-refractivity contribution in [2.75, 3.05) is 32.8 Å². The van der Waals surface area contributed by atoms with Crippen LogP contribution in [0.25, 0.3) is 0 Å². The van der Waals surface area contributed by atoms with Crippen LogP contribution in [-0.2, 0) is 9.31 Å². The van der Waals surface area contributed by atoms with Gasteiger partial charge >= 0.3 is 6.69 Å². The van der Waals surface area contributed by atoms with Gasteiger partial charge in [-0.25, -0.2) is 4.39 Å². The van der Waals surface area contributed by atoms with E-state index >= 15 is 0 Å². The summed E-state index contributed by atoms with van der Waals surface area (Å²) < 4.78 is 27.5. The molecule has 1 aromatic rings. The maximum atomic E-state index is 13.8. The van der Waals surface area contributed by atoms with Crippen molar-refractivity contribution in [1.29, 1.82) is 0 Å². The highest BCUT2D eigenvalue weighted by atomic mass is 79.9. The Balaban J connectivity index is 2.03. The predicted molar refractivity (Wildman–Crippen MR) is 81.2 cm³/mol. The molecule has 0 amide bonds. The monoisotopic (exact) mass is 343 g/mol. The van der Waals surface area contributed by atoms with Gasteiger partial charge in [0.25, 0.3) is 0 Å². The smallest absolute Gasteiger partial charge is 0.502 e. The third-order valence-electron chi connectivity index (χ3n) is 4.74. The zero-order chi connectivity index (χ0) is 14.2. The van der Waals surface area contributed by atoms with E-state index in [1.807, 2.05) is 6.07 Å². The number of rotatable bonds is 4. The van der Waals surface area contributed by atoms with Crippen LogP contribution >= 0.6 is 15.9 Å². The normalized spacial score (nSPS) is 32.5. The van der Waals surface area contributed by atoms with Gasteiger partial charge in [0, 0.05) is 11.0 Å². The zero-order valence-corrected chi connectivity index (χ0v) is 13.4. The summed E-state index contributed by atoms with van der Waals surface area (Å²) in [6.45, 7) is 4.96. The van der Waals surface area contributed by atoms with Crippen molar-refractivity contribution in [1.82, 2.24) is 0 Å². The molecule has 0 bridgehead atoms. The van der Waals surface area contributed by atoms with Crippen molar-refractivity contribution >= 4 is 28.1 Å². The third-order valence-corrected chi connectivity index (χ3v) is 5.20. The quantitative estimate of drug-likeness (QED) is 0.782. The van der Waals surface area contributed by atoms with Gasteiger partial charge in [-0.1, -0.05) is 40.8 Å². The van der Waals surface area contributed by atoms with Crippen LogP contribution in [0, 0.1) is 5.82 Å². The van der Waals surface area contributed by atoms with Crippen LogP contribution in [0.1, 0.15) is 19.8 Å². The SMILES string of the molecule is CCCC[N+]12CCO[B-]1(c1cc(F)cc(Br)c1)OCC2. The Hall–Kier alpha value is -0.425. The molecule has 0 atom stereocenters. The highest BCUT2D eigenvalue weighted by Gasteiger charge is 2.59. The van der Waals surface area contributed by atoms with Crippen LogP contribution in [0.5, 0.6) is 0 Å². The van der Waals surface area contributed by atoms with Crippen molar-refractivity contribution in [2.45, 2.75) is 19.8 Å². The van der Waals surface area contributed by atoms with E-state index in [2.05, 4.69) is 22.9 Å². The molecule has 2 aliphatic rings. The van der Waals surface area contributed by atoms with Gasteiger partial charge in [0.2, 0.25) is 0 Å². The summed E-state index contributed by atoms with van der Waals surface area (Å²) in [5, 5.41) is 0. The molecule has 6 heteroatoms. The molecular formula is C14H20BBrFNO2. The molecule has 2 heterocycles. The number of nitrogens with zero attached hydrogens (tertiary/aromatic N) is 1. The molecule has 0 unspecified atom stereocenters. The average Bonchev–Trinajstić information content (AvgIpc) is 2.90. The Morgan fingerprint density at radius 1 is 1.25 bits per heavy atom. The lowest BCUT2D eigenvalue weighted by Gasteiger charge is -2.47. The van der Waals surface area contributed by atoms with Crippen molar-refractivity contribution in [3.05, 3.63) is 28.5 Å².